The molecule has 0 unspecified atom stereocenters. The molecule has 1 aliphatic rings. The molecule has 3 heterocycles. The number of furan rings is 1. The number of aromatic nitrogens is 1. The lowest BCUT2D eigenvalue weighted by Gasteiger charge is -2.35. The van der Waals surface area contributed by atoms with Gasteiger partial charge in [0.2, 0.25) is 5.91 Å². The van der Waals surface area contributed by atoms with Crippen LogP contribution in [-0.2, 0) is 4.79 Å². The number of nitrogens with zero attached hydrogens (tertiary/aromatic N) is 4. The lowest BCUT2D eigenvalue weighted by atomic mass is 10.2. The van der Waals surface area contributed by atoms with Gasteiger partial charge in [-0.2, -0.15) is 5.26 Å². The Hall–Kier alpha value is -2.85. The van der Waals surface area contributed by atoms with Gasteiger partial charge in [0.1, 0.15) is 11.6 Å². The highest BCUT2D eigenvalue weighted by atomic mass is 16.3. The molecule has 25 heavy (non-hydrogen) atoms. The molecule has 130 valence electrons. The first-order valence-corrected chi connectivity index (χ1v) is 8.32. The van der Waals surface area contributed by atoms with Crippen LogP contribution in [-0.4, -0.2) is 48.5 Å². The minimum atomic E-state index is -0.137. The standard InChI is InChI=1S/C18H21N5O2/c1-14(16-3-2-10-25-16)21-18(24)13-22-6-8-23(9-7-22)17-11-15(12-19)4-5-20-17/h2-5,10-11,14H,6-9,13H2,1H3,(H,21,24)/t14-/m1/s1. The van der Waals surface area contributed by atoms with Gasteiger partial charge in [0.25, 0.3) is 0 Å². The lowest BCUT2D eigenvalue weighted by molar-refractivity contribution is -0.123. The number of hydrogen-bond acceptors (Lipinski definition) is 6. The van der Waals surface area contributed by atoms with Crippen LogP contribution in [0.3, 0.4) is 0 Å². The van der Waals surface area contributed by atoms with Gasteiger partial charge >= 0.3 is 0 Å². The molecule has 0 bridgehead atoms. The second-order valence-electron chi connectivity index (χ2n) is 6.08. The van der Waals surface area contributed by atoms with Crippen molar-refractivity contribution in [1.82, 2.24) is 15.2 Å². The Morgan fingerprint density at radius 3 is 2.88 bits per heavy atom. The second kappa shape index (κ2) is 7.81. The number of piperazine rings is 1. The molecule has 1 aliphatic heterocycles. The van der Waals surface area contributed by atoms with E-state index in [1.807, 2.05) is 19.1 Å². The smallest absolute Gasteiger partial charge is 0.234 e. The number of hydrogen-bond donors (Lipinski definition) is 1. The Morgan fingerprint density at radius 1 is 1.40 bits per heavy atom. The first kappa shape index (κ1) is 17.0. The molecule has 0 radical (unpaired) electrons. The van der Waals surface area contributed by atoms with Gasteiger partial charge < -0.3 is 14.6 Å². The topological polar surface area (TPSA) is 85.4 Å². The van der Waals surface area contributed by atoms with Gasteiger partial charge in [-0.25, -0.2) is 4.98 Å². The van der Waals surface area contributed by atoms with E-state index in [4.69, 9.17) is 9.68 Å². The van der Waals surface area contributed by atoms with Crippen molar-refractivity contribution in [2.45, 2.75) is 13.0 Å². The molecule has 1 amide bonds. The van der Waals surface area contributed by atoms with Crippen LogP contribution >= 0.6 is 0 Å². The monoisotopic (exact) mass is 339 g/mol. The van der Waals surface area contributed by atoms with Gasteiger partial charge in [0.05, 0.1) is 30.5 Å². The van der Waals surface area contributed by atoms with Crippen molar-refractivity contribution < 1.29 is 9.21 Å². The van der Waals surface area contributed by atoms with Crippen LogP contribution < -0.4 is 10.2 Å². The van der Waals surface area contributed by atoms with E-state index in [0.29, 0.717) is 12.1 Å². The van der Waals surface area contributed by atoms with Crippen LogP contribution in [0, 0.1) is 11.3 Å². The zero-order valence-corrected chi connectivity index (χ0v) is 14.2. The summed E-state index contributed by atoms with van der Waals surface area (Å²) in [5.74, 6) is 1.55. The number of nitrogens with one attached hydrogen (secondary N) is 1. The molecular weight excluding hydrogens is 318 g/mol. The first-order valence-electron chi connectivity index (χ1n) is 8.32. The van der Waals surface area contributed by atoms with Crippen LogP contribution in [0.4, 0.5) is 5.82 Å². The molecule has 0 aliphatic carbocycles. The molecule has 2 aromatic rings. The summed E-state index contributed by atoms with van der Waals surface area (Å²) in [4.78, 5) is 20.8. The van der Waals surface area contributed by atoms with Crippen molar-refractivity contribution in [2.75, 3.05) is 37.6 Å². The molecule has 3 rings (SSSR count). The van der Waals surface area contributed by atoms with E-state index in [2.05, 4.69) is 26.2 Å². The summed E-state index contributed by atoms with van der Waals surface area (Å²) in [5, 5.41) is 11.9. The molecule has 0 aromatic carbocycles. The molecule has 1 fully saturated rings. The normalized spacial score (nSPS) is 16.2. The summed E-state index contributed by atoms with van der Waals surface area (Å²) in [6.07, 6.45) is 3.26. The molecule has 2 aromatic heterocycles. The molecule has 1 saturated heterocycles. The zero-order valence-electron chi connectivity index (χ0n) is 14.2. The molecule has 7 heteroatoms. The fourth-order valence-electron chi connectivity index (χ4n) is 2.89. The van der Waals surface area contributed by atoms with E-state index in [-0.39, 0.29) is 11.9 Å². The van der Waals surface area contributed by atoms with Crippen LogP contribution in [0.1, 0.15) is 24.3 Å². The number of nitriles is 1. The SMILES string of the molecule is C[C@@H](NC(=O)CN1CCN(c2cc(C#N)ccn2)CC1)c1ccco1. The van der Waals surface area contributed by atoms with Crippen molar-refractivity contribution in [3.63, 3.8) is 0 Å². The van der Waals surface area contributed by atoms with Gasteiger partial charge in [-0.05, 0) is 31.2 Å². The molecule has 1 atom stereocenters. The third-order valence-corrected chi connectivity index (χ3v) is 4.29. The molecular formula is C18H21N5O2. The van der Waals surface area contributed by atoms with Crippen molar-refractivity contribution in [3.05, 3.63) is 48.0 Å². The van der Waals surface area contributed by atoms with Crippen molar-refractivity contribution >= 4 is 11.7 Å². The van der Waals surface area contributed by atoms with Crippen LogP contribution in [0.5, 0.6) is 0 Å². The number of carbonyl (C=O) groups is 1. The number of amides is 1. The second-order valence-corrected chi connectivity index (χ2v) is 6.08. The highest BCUT2D eigenvalue weighted by molar-refractivity contribution is 5.78. The summed E-state index contributed by atoms with van der Waals surface area (Å²) >= 11 is 0. The van der Waals surface area contributed by atoms with Gasteiger partial charge in [0, 0.05) is 32.4 Å². The van der Waals surface area contributed by atoms with Crippen LogP contribution in [0.25, 0.3) is 0 Å². The fraction of sp³-hybridized carbons (Fsp3) is 0.389. The van der Waals surface area contributed by atoms with Gasteiger partial charge in [-0.3, -0.25) is 9.69 Å². The summed E-state index contributed by atoms with van der Waals surface area (Å²) in [5.41, 5.74) is 0.610. The predicted molar refractivity (Wildman–Crippen MR) is 92.9 cm³/mol. The Labute approximate surface area is 146 Å². The van der Waals surface area contributed by atoms with E-state index >= 15 is 0 Å². The van der Waals surface area contributed by atoms with Crippen molar-refractivity contribution in [3.8, 4) is 6.07 Å². The Bertz CT molecular complexity index is 745. The number of anilines is 1. The Morgan fingerprint density at radius 2 is 2.20 bits per heavy atom. The number of rotatable bonds is 5. The van der Waals surface area contributed by atoms with Gasteiger partial charge in [-0.1, -0.05) is 0 Å². The van der Waals surface area contributed by atoms with E-state index in [9.17, 15) is 4.79 Å². The average molecular weight is 339 g/mol. The highest BCUT2D eigenvalue weighted by Crippen LogP contribution is 2.15. The quantitative estimate of drug-likeness (QED) is 0.889. The maximum absolute atomic E-state index is 12.2. The largest absolute Gasteiger partial charge is 0.467 e. The number of carbonyl (C=O) groups excluding carboxylic acids is 1. The summed E-state index contributed by atoms with van der Waals surface area (Å²) in [7, 11) is 0. The molecule has 0 saturated carbocycles. The van der Waals surface area contributed by atoms with Crippen molar-refractivity contribution in [2.24, 2.45) is 0 Å². The van der Waals surface area contributed by atoms with E-state index in [1.54, 1.807) is 24.6 Å². The summed E-state index contributed by atoms with van der Waals surface area (Å²) in [6, 6.07) is 9.16. The third-order valence-electron chi connectivity index (χ3n) is 4.29. The van der Waals surface area contributed by atoms with E-state index in [0.717, 1.165) is 37.8 Å². The van der Waals surface area contributed by atoms with Crippen LogP contribution in [0.2, 0.25) is 0 Å². The molecule has 1 N–H and O–H groups in total. The van der Waals surface area contributed by atoms with Crippen molar-refractivity contribution in [1.29, 1.82) is 5.26 Å². The summed E-state index contributed by atoms with van der Waals surface area (Å²) in [6.45, 7) is 5.39. The van der Waals surface area contributed by atoms with Gasteiger partial charge in [-0.15, -0.1) is 0 Å². The fourth-order valence-corrected chi connectivity index (χ4v) is 2.89. The molecule has 7 nitrogen and oxygen atoms in total. The van der Waals surface area contributed by atoms with Crippen LogP contribution in [0.15, 0.2) is 41.1 Å². The minimum absolute atomic E-state index is 0.0121. The van der Waals surface area contributed by atoms with Gasteiger partial charge in [0.15, 0.2) is 0 Å². The maximum atomic E-state index is 12.2. The highest BCUT2D eigenvalue weighted by Gasteiger charge is 2.21. The zero-order chi connectivity index (χ0) is 17.6. The Balaban J connectivity index is 1.47. The Kier molecular flexibility index (Phi) is 5.31. The van der Waals surface area contributed by atoms with E-state index in [1.165, 1.54) is 0 Å². The summed E-state index contributed by atoms with van der Waals surface area (Å²) < 4.78 is 5.30. The van der Waals surface area contributed by atoms with E-state index < -0.39 is 0 Å². The first-order chi connectivity index (χ1) is 12.2. The predicted octanol–water partition coefficient (Wildman–Crippen LogP) is 1.55. The average Bonchev–Trinajstić information content (AvgIpc) is 3.17. The third kappa shape index (κ3) is 4.37. The minimum Gasteiger partial charge on any atom is -0.467 e. The maximum Gasteiger partial charge on any atom is 0.234 e. The number of pyridine rings is 1. The molecule has 0 spiro atoms. The lowest BCUT2D eigenvalue weighted by Crippen LogP contribution is -2.49.